The molecule has 5 rings (SSSR count). The Kier molecular flexibility index (Phi) is 7.91. The van der Waals surface area contributed by atoms with Crippen LogP contribution in [-0.4, -0.2) is 69.4 Å². The van der Waals surface area contributed by atoms with Crippen LogP contribution in [0.5, 0.6) is 0 Å². The van der Waals surface area contributed by atoms with Gasteiger partial charge < -0.3 is 24.6 Å². The average Bonchev–Trinajstić information content (AvgIpc) is 2.96. The number of likely N-dealkylation sites (tertiary alicyclic amines) is 1. The molecule has 10 heteroatoms. The second-order valence-electron chi connectivity index (χ2n) is 11.2. The third kappa shape index (κ3) is 5.46. The highest BCUT2D eigenvalue weighted by molar-refractivity contribution is 5.93. The van der Waals surface area contributed by atoms with Crippen molar-refractivity contribution in [3.63, 3.8) is 0 Å². The Hall–Kier alpha value is -3.76. The van der Waals surface area contributed by atoms with E-state index in [0.29, 0.717) is 40.9 Å². The zero-order chi connectivity index (χ0) is 28.4. The topological polar surface area (TPSA) is 123 Å². The van der Waals surface area contributed by atoms with Gasteiger partial charge in [0, 0.05) is 55.8 Å². The minimum atomic E-state index is -1.13. The maximum absolute atomic E-state index is 13.4. The van der Waals surface area contributed by atoms with Gasteiger partial charge in [-0.1, -0.05) is 37.3 Å². The average molecular weight is 549 g/mol. The van der Waals surface area contributed by atoms with Crippen LogP contribution in [0.25, 0.3) is 16.5 Å². The second kappa shape index (κ2) is 11.4. The van der Waals surface area contributed by atoms with E-state index in [1.54, 1.807) is 31.3 Å². The van der Waals surface area contributed by atoms with E-state index in [0.717, 1.165) is 43.7 Å². The van der Waals surface area contributed by atoms with Gasteiger partial charge >= 0.3 is 11.7 Å². The fourth-order valence-corrected chi connectivity index (χ4v) is 5.93. The number of fused-ring (bicyclic) bond motifs is 1. The maximum atomic E-state index is 13.4. The number of carbonyl (C=O) groups is 2. The van der Waals surface area contributed by atoms with Gasteiger partial charge in [-0.2, -0.15) is 0 Å². The molecule has 212 valence electrons. The summed E-state index contributed by atoms with van der Waals surface area (Å²) >= 11 is 0. The molecule has 10 nitrogen and oxygen atoms in total. The summed E-state index contributed by atoms with van der Waals surface area (Å²) in [4.78, 5) is 53.6. The first-order valence-electron chi connectivity index (χ1n) is 13.8. The Morgan fingerprint density at radius 3 is 2.42 bits per heavy atom. The summed E-state index contributed by atoms with van der Waals surface area (Å²) in [5, 5.41) is 14.2. The van der Waals surface area contributed by atoms with E-state index in [9.17, 15) is 24.3 Å². The highest BCUT2D eigenvalue weighted by Crippen LogP contribution is 2.33. The lowest BCUT2D eigenvalue weighted by molar-refractivity contribution is -0.144. The molecule has 2 aromatic carbocycles. The number of hydrogen-bond donors (Lipinski definition) is 2. The minimum absolute atomic E-state index is 0.0633. The maximum Gasteiger partial charge on any atom is 0.335 e. The molecule has 2 saturated heterocycles. The van der Waals surface area contributed by atoms with Gasteiger partial charge in [-0.05, 0) is 55.8 Å². The molecule has 1 aromatic heterocycles. The van der Waals surface area contributed by atoms with Crippen molar-refractivity contribution in [3.05, 3.63) is 75.1 Å². The van der Waals surface area contributed by atoms with Gasteiger partial charge in [0.2, 0.25) is 5.91 Å². The molecular formula is C30H36N4O6. The van der Waals surface area contributed by atoms with Crippen molar-refractivity contribution in [3.8, 4) is 5.69 Å². The lowest BCUT2D eigenvalue weighted by Gasteiger charge is -2.43. The normalized spacial score (nSPS) is 18.9. The number of carbonyl (C=O) groups excluding carboxylic acids is 1. The van der Waals surface area contributed by atoms with Gasteiger partial charge in [0.15, 0.2) is 0 Å². The molecule has 2 aliphatic heterocycles. The van der Waals surface area contributed by atoms with Crippen LogP contribution in [-0.2, 0) is 27.8 Å². The largest absolute Gasteiger partial charge is 0.480 e. The van der Waals surface area contributed by atoms with Gasteiger partial charge in [-0.25, -0.2) is 14.2 Å². The van der Waals surface area contributed by atoms with E-state index in [2.05, 4.69) is 10.2 Å². The van der Waals surface area contributed by atoms with Gasteiger partial charge in [0.25, 0.3) is 5.56 Å². The zero-order valence-electron chi connectivity index (χ0n) is 23.0. The van der Waals surface area contributed by atoms with Crippen LogP contribution in [0.15, 0.2) is 58.3 Å². The monoisotopic (exact) mass is 548 g/mol. The van der Waals surface area contributed by atoms with Crippen LogP contribution in [0, 0.1) is 5.41 Å². The number of benzene rings is 2. The minimum Gasteiger partial charge on any atom is -0.480 e. The number of carboxylic acids is 1. The Bertz CT molecular complexity index is 1530. The van der Waals surface area contributed by atoms with E-state index in [1.165, 1.54) is 16.8 Å². The SMILES string of the molecule is Cn1ccc(=O)n(-c2cccc3c(C[C@H](NC(=O)C4(C)CCN(C5CCOCC5)CC4)C(=O)O)cccc23)c1=O. The first-order valence-corrected chi connectivity index (χ1v) is 13.8. The highest BCUT2D eigenvalue weighted by atomic mass is 16.5. The van der Waals surface area contributed by atoms with Crippen molar-refractivity contribution in [2.24, 2.45) is 12.5 Å². The Morgan fingerprint density at radius 2 is 1.73 bits per heavy atom. The molecule has 2 N–H and O–H groups in total. The molecule has 0 saturated carbocycles. The van der Waals surface area contributed by atoms with Crippen LogP contribution >= 0.6 is 0 Å². The van der Waals surface area contributed by atoms with Crippen LogP contribution in [0.4, 0.5) is 0 Å². The molecule has 3 aromatic rings. The standard InChI is InChI=1S/C30H36N4O6/c1-30(12-15-33(16-13-30)21-10-17-40-18-11-21)28(38)31-24(27(36)37)19-20-5-3-7-23-22(20)6-4-8-25(23)34-26(35)9-14-32(2)29(34)39/h3-9,14,21,24H,10-13,15-19H2,1-2H3,(H,31,38)(H,36,37)/t24-/m0/s1. The molecule has 1 amide bonds. The summed E-state index contributed by atoms with van der Waals surface area (Å²) in [6.45, 7) is 5.07. The summed E-state index contributed by atoms with van der Waals surface area (Å²) in [5.74, 6) is -1.36. The van der Waals surface area contributed by atoms with E-state index in [-0.39, 0.29) is 12.3 Å². The van der Waals surface area contributed by atoms with Crippen molar-refractivity contribution in [2.45, 2.75) is 51.1 Å². The zero-order valence-corrected chi connectivity index (χ0v) is 23.0. The molecule has 0 radical (unpaired) electrons. The number of aromatic nitrogens is 2. The lowest BCUT2D eigenvalue weighted by atomic mass is 9.78. The van der Waals surface area contributed by atoms with Crippen LogP contribution < -0.4 is 16.6 Å². The highest BCUT2D eigenvalue weighted by Gasteiger charge is 2.40. The van der Waals surface area contributed by atoms with Gasteiger partial charge in [-0.15, -0.1) is 0 Å². The summed E-state index contributed by atoms with van der Waals surface area (Å²) < 4.78 is 7.91. The fraction of sp³-hybridized carbons (Fsp3) is 0.467. The smallest absolute Gasteiger partial charge is 0.335 e. The molecule has 0 unspecified atom stereocenters. The summed E-state index contributed by atoms with van der Waals surface area (Å²) in [6.07, 6.45) is 4.83. The number of amides is 1. The molecule has 0 aliphatic carbocycles. The number of piperidine rings is 1. The lowest BCUT2D eigenvalue weighted by Crippen LogP contribution is -2.53. The fourth-order valence-electron chi connectivity index (χ4n) is 5.93. The van der Waals surface area contributed by atoms with E-state index in [1.807, 2.05) is 19.1 Å². The number of ether oxygens (including phenoxy) is 1. The van der Waals surface area contributed by atoms with Crippen molar-refractivity contribution in [2.75, 3.05) is 26.3 Å². The first-order chi connectivity index (χ1) is 19.2. The quantitative estimate of drug-likeness (QED) is 0.464. The van der Waals surface area contributed by atoms with Crippen molar-refractivity contribution < 1.29 is 19.4 Å². The van der Waals surface area contributed by atoms with Crippen LogP contribution in [0.1, 0.15) is 38.2 Å². The number of aryl methyl sites for hydroxylation is 1. The second-order valence-corrected chi connectivity index (χ2v) is 11.2. The Morgan fingerprint density at radius 1 is 1.05 bits per heavy atom. The van der Waals surface area contributed by atoms with Gasteiger partial charge in [0.05, 0.1) is 5.69 Å². The molecule has 2 fully saturated rings. The molecule has 0 spiro atoms. The molecule has 2 aliphatic rings. The molecule has 0 bridgehead atoms. The number of nitrogens with zero attached hydrogens (tertiary/aromatic N) is 3. The predicted octanol–water partition coefficient (Wildman–Crippen LogP) is 2.08. The molecule has 1 atom stereocenters. The van der Waals surface area contributed by atoms with Gasteiger partial charge in [-0.3, -0.25) is 9.59 Å². The third-order valence-electron chi connectivity index (χ3n) is 8.57. The summed E-state index contributed by atoms with van der Waals surface area (Å²) in [5.41, 5.74) is -0.446. The van der Waals surface area contributed by atoms with Crippen molar-refractivity contribution >= 4 is 22.6 Å². The van der Waals surface area contributed by atoms with Crippen molar-refractivity contribution in [1.82, 2.24) is 19.4 Å². The summed E-state index contributed by atoms with van der Waals surface area (Å²) in [6, 6.07) is 11.3. The Balaban J connectivity index is 1.36. The first kappa shape index (κ1) is 27.8. The predicted molar refractivity (Wildman–Crippen MR) is 151 cm³/mol. The van der Waals surface area contributed by atoms with E-state index in [4.69, 9.17) is 4.74 Å². The molecular weight excluding hydrogens is 512 g/mol. The number of nitrogens with one attached hydrogen (secondary N) is 1. The van der Waals surface area contributed by atoms with Crippen LogP contribution in [0.3, 0.4) is 0 Å². The van der Waals surface area contributed by atoms with Crippen LogP contribution in [0.2, 0.25) is 0 Å². The number of carboxylic acid groups (broad SMARTS) is 1. The van der Waals surface area contributed by atoms with E-state index < -0.39 is 28.7 Å². The van der Waals surface area contributed by atoms with Crippen molar-refractivity contribution in [1.29, 1.82) is 0 Å². The summed E-state index contributed by atoms with van der Waals surface area (Å²) in [7, 11) is 1.57. The van der Waals surface area contributed by atoms with E-state index >= 15 is 0 Å². The van der Waals surface area contributed by atoms with Gasteiger partial charge in [0.1, 0.15) is 6.04 Å². The molecule has 3 heterocycles. The number of aliphatic carboxylic acids is 1. The number of hydrogen-bond acceptors (Lipinski definition) is 6. The number of rotatable bonds is 7. The Labute approximate surface area is 232 Å². The molecule has 40 heavy (non-hydrogen) atoms. The third-order valence-corrected chi connectivity index (χ3v) is 8.57.